The van der Waals surface area contributed by atoms with Crippen LogP contribution in [0.25, 0.3) is 11.4 Å². The van der Waals surface area contributed by atoms with Gasteiger partial charge in [-0.1, -0.05) is 0 Å². The largest absolute Gasteiger partial charge is 0.379 e. The minimum atomic E-state index is -1.04. The molecular weight excluding hydrogens is 374 g/mol. The summed E-state index contributed by atoms with van der Waals surface area (Å²) < 4.78 is 8.87. The highest BCUT2D eigenvalue weighted by Gasteiger charge is 2.32. The zero-order valence-corrected chi connectivity index (χ0v) is 12.6. The number of anilines is 3. The van der Waals surface area contributed by atoms with Crippen LogP contribution in [-0.2, 0) is 0 Å². The Balaban J connectivity index is 2.17. The molecule has 1 aromatic carbocycles. The predicted molar refractivity (Wildman–Crippen MR) is 81.7 cm³/mol. The molecule has 0 aliphatic carbocycles. The molecule has 3 rings (SSSR count). The molecule has 0 fully saturated rings. The van der Waals surface area contributed by atoms with Crippen molar-refractivity contribution >= 4 is 34.4 Å². The molecule has 0 spiro atoms. The van der Waals surface area contributed by atoms with E-state index in [2.05, 4.69) is 35.2 Å². The van der Waals surface area contributed by atoms with E-state index in [-0.39, 0.29) is 23.0 Å². The number of nitrogens with two attached hydrogens (primary N) is 1. The number of hydrogen-bond donors (Lipinski definition) is 2. The molecule has 3 aromatic rings. The highest BCUT2D eigenvalue weighted by Crippen LogP contribution is 2.41. The molecule has 0 aliphatic rings. The zero-order chi connectivity index (χ0) is 19.7. The van der Waals surface area contributed by atoms with Gasteiger partial charge >= 0.3 is 11.4 Å². The zero-order valence-electron chi connectivity index (χ0n) is 12.6. The second kappa shape index (κ2) is 6.31. The van der Waals surface area contributed by atoms with Crippen molar-refractivity contribution < 1.29 is 24.0 Å². The van der Waals surface area contributed by atoms with E-state index in [0.29, 0.717) is 12.1 Å². The number of hydrogen-bond acceptors (Lipinski definition) is 14. The van der Waals surface area contributed by atoms with Gasteiger partial charge in [0.1, 0.15) is 0 Å². The summed E-state index contributed by atoms with van der Waals surface area (Å²) in [5, 5.41) is 49.4. The van der Waals surface area contributed by atoms with E-state index in [9.17, 15) is 30.3 Å². The maximum atomic E-state index is 11.3. The van der Waals surface area contributed by atoms with Gasteiger partial charge in [-0.2, -0.15) is 0 Å². The van der Waals surface area contributed by atoms with Gasteiger partial charge in [0.15, 0.2) is 22.9 Å². The molecule has 0 amide bonds. The maximum Gasteiger partial charge on any atom is 0.306 e. The third kappa shape index (κ3) is 3.01. The van der Waals surface area contributed by atoms with Crippen LogP contribution in [-0.4, -0.2) is 35.4 Å². The number of nitrogen functional groups attached to an aromatic ring is 1. The third-order valence-corrected chi connectivity index (χ3v) is 3.16. The number of rotatable bonds is 6. The first-order valence-corrected chi connectivity index (χ1v) is 6.58. The van der Waals surface area contributed by atoms with Crippen molar-refractivity contribution in [2.24, 2.45) is 0 Å². The molecule has 0 bridgehead atoms. The number of nitrogens with zero attached hydrogens (tertiary/aromatic N) is 7. The molecule has 0 radical (unpaired) electrons. The monoisotopic (exact) mass is 379 g/mol. The Morgan fingerprint density at radius 2 is 1.41 bits per heavy atom. The van der Waals surface area contributed by atoms with Crippen molar-refractivity contribution in [1.82, 2.24) is 20.6 Å². The fraction of sp³-hybridized carbons (Fsp3) is 0. The summed E-state index contributed by atoms with van der Waals surface area (Å²) >= 11 is 0. The maximum absolute atomic E-state index is 11.3. The van der Waals surface area contributed by atoms with Gasteiger partial charge < -0.3 is 11.1 Å². The molecule has 0 saturated heterocycles. The fourth-order valence-corrected chi connectivity index (χ4v) is 2.02. The molecular formula is C10H5N9O8. The number of aromatic nitrogens is 4. The average Bonchev–Trinajstić information content (AvgIpc) is 3.22. The first-order valence-electron chi connectivity index (χ1n) is 6.58. The summed E-state index contributed by atoms with van der Waals surface area (Å²) in [4.78, 5) is 30.3. The minimum Gasteiger partial charge on any atom is -0.379 e. The third-order valence-electron chi connectivity index (χ3n) is 3.16. The van der Waals surface area contributed by atoms with Crippen LogP contribution in [0.1, 0.15) is 0 Å². The standard InChI is InChI=1S/C10H5N9O8/c11-9-7(13-26-15-9)8-10(16-27-14-8)12-6-4(18(22)23)1-3(17(20)21)2-5(6)19(24)25/h1-2H,(H2,11,15)(H,12,16). The number of nitro groups is 3. The van der Waals surface area contributed by atoms with Gasteiger partial charge in [-0.3, -0.25) is 30.3 Å². The van der Waals surface area contributed by atoms with Crippen molar-refractivity contribution in [3.05, 3.63) is 42.5 Å². The van der Waals surface area contributed by atoms with Crippen molar-refractivity contribution in [3.8, 4) is 11.4 Å². The fourth-order valence-electron chi connectivity index (χ4n) is 2.02. The van der Waals surface area contributed by atoms with E-state index in [4.69, 9.17) is 5.73 Å². The SMILES string of the molecule is Nc1nonc1-c1nonc1Nc1c([N+](=O)[O-])cc([N+](=O)[O-])cc1[N+](=O)[O-]. The minimum absolute atomic E-state index is 0.147. The molecule has 3 N–H and O–H groups in total. The number of benzene rings is 1. The van der Waals surface area contributed by atoms with Crippen LogP contribution >= 0.6 is 0 Å². The lowest BCUT2D eigenvalue weighted by Gasteiger charge is -2.05. The number of nitrogens with one attached hydrogen (secondary N) is 1. The molecule has 17 heteroatoms. The lowest BCUT2D eigenvalue weighted by molar-refractivity contribution is -0.401. The second-order valence-corrected chi connectivity index (χ2v) is 4.71. The van der Waals surface area contributed by atoms with E-state index < -0.39 is 37.5 Å². The van der Waals surface area contributed by atoms with Crippen molar-refractivity contribution in [3.63, 3.8) is 0 Å². The smallest absolute Gasteiger partial charge is 0.306 e. The lowest BCUT2D eigenvalue weighted by atomic mass is 10.2. The summed E-state index contributed by atoms with van der Waals surface area (Å²) in [5.74, 6) is -0.570. The summed E-state index contributed by atoms with van der Waals surface area (Å²) in [6.45, 7) is 0. The Kier molecular flexibility index (Phi) is 4.00. The topological polar surface area (TPSA) is 245 Å². The Hall–Kier alpha value is -4.70. The Morgan fingerprint density at radius 3 is 1.89 bits per heavy atom. The van der Waals surface area contributed by atoms with Crippen LogP contribution in [0.3, 0.4) is 0 Å². The highest BCUT2D eigenvalue weighted by atomic mass is 16.6. The first-order chi connectivity index (χ1) is 12.8. The van der Waals surface area contributed by atoms with Crippen LogP contribution in [0.4, 0.5) is 34.4 Å². The molecule has 0 saturated carbocycles. The van der Waals surface area contributed by atoms with E-state index in [1.807, 2.05) is 0 Å². The van der Waals surface area contributed by atoms with Gasteiger partial charge in [0, 0.05) is 0 Å². The van der Waals surface area contributed by atoms with Crippen LogP contribution in [0.5, 0.6) is 0 Å². The van der Waals surface area contributed by atoms with E-state index in [1.54, 1.807) is 0 Å². The van der Waals surface area contributed by atoms with Gasteiger partial charge in [0.2, 0.25) is 5.82 Å². The molecule has 138 valence electrons. The van der Waals surface area contributed by atoms with Crippen molar-refractivity contribution in [1.29, 1.82) is 0 Å². The van der Waals surface area contributed by atoms with Gasteiger partial charge in [-0.05, 0) is 20.6 Å². The molecule has 27 heavy (non-hydrogen) atoms. The quantitative estimate of drug-likeness (QED) is 0.450. The predicted octanol–water partition coefficient (Wildman–Crippen LogP) is 1.17. The number of nitro benzene ring substituents is 3. The number of non-ortho nitro benzene ring substituents is 1. The first kappa shape index (κ1) is 17.1. The van der Waals surface area contributed by atoms with Crippen LogP contribution in [0.2, 0.25) is 0 Å². The second-order valence-electron chi connectivity index (χ2n) is 4.71. The summed E-state index contributed by atoms with van der Waals surface area (Å²) in [6, 6.07) is 1.10. The van der Waals surface area contributed by atoms with E-state index in [1.165, 1.54) is 0 Å². The summed E-state index contributed by atoms with van der Waals surface area (Å²) in [6.07, 6.45) is 0. The molecule has 2 aromatic heterocycles. The Bertz CT molecular complexity index is 1040. The normalized spacial score (nSPS) is 10.5. The summed E-state index contributed by atoms with van der Waals surface area (Å²) in [7, 11) is 0. The summed E-state index contributed by atoms with van der Waals surface area (Å²) in [5.41, 5.74) is 1.71. The molecule has 0 aliphatic heterocycles. The van der Waals surface area contributed by atoms with E-state index >= 15 is 0 Å². The highest BCUT2D eigenvalue weighted by molar-refractivity contribution is 5.85. The Morgan fingerprint density at radius 1 is 0.852 bits per heavy atom. The van der Waals surface area contributed by atoms with Crippen LogP contribution in [0, 0.1) is 30.3 Å². The van der Waals surface area contributed by atoms with Gasteiger partial charge in [-0.15, -0.1) is 0 Å². The van der Waals surface area contributed by atoms with Crippen molar-refractivity contribution in [2.45, 2.75) is 0 Å². The molecule has 17 nitrogen and oxygen atoms in total. The van der Waals surface area contributed by atoms with Gasteiger partial charge in [0.05, 0.1) is 26.9 Å². The van der Waals surface area contributed by atoms with Gasteiger partial charge in [-0.25, -0.2) is 9.26 Å². The van der Waals surface area contributed by atoms with Crippen LogP contribution in [0.15, 0.2) is 21.4 Å². The van der Waals surface area contributed by atoms with Crippen LogP contribution < -0.4 is 11.1 Å². The average molecular weight is 379 g/mol. The van der Waals surface area contributed by atoms with Gasteiger partial charge in [0.25, 0.3) is 5.69 Å². The molecule has 0 unspecified atom stereocenters. The van der Waals surface area contributed by atoms with Crippen molar-refractivity contribution in [2.75, 3.05) is 11.1 Å². The Labute approximate surface area is 145 Å². The van der Waals surface area contributed by atoms with E-state index in [0.717, 1.165) is 0 Å². The molecule has 2 heterocycles. The lowest BCUT2D eigenvalue weighted by Crippen LogP contribution is -2.04. The molecule has 0 atom stereocenters.